The van der Waals surface area contributed by atoms with Crippen LogP contribution in [0.4, 0.5) is 0 Å². The molecular weight excluding hydrogens is 172 g/mol. The van der Waals surface area contributed by atoms with E-state index in [9.17, 15) is 0 Å². The van der Waals surface area contributed by atoms with Gasteiger partial charge in [-0.3, -0.25) is 4.90 Å². The molecule has 1 saturated heterocycles. The predicted octanol–water partition coefficient (Wildman–Crippen LogP) is 2.09. The molecule has 0 saturated carbocycles. The minimum atomic E-state index is 0.648. The molecule has 1 heterocycles. The molecule has 14 heavy (non-hydrogen) atoms. The van der Waals surface area contributed by atoms with Gasteiger partial charge in [0, 0.05) is 12.6 Å². The summed E-state index contributed by atoms with van der Waals surface area (Å²) in [5.41, 5.74) is 5.68. The van der Waals surface area contributed by atoms with Gasteiger partial charge >= 0.3 is 0 Å². The van der Waals surface area contributed by atoms with Crippen LogP contribution in [0.25, 0.3) is 0 Å². The van der Waals surface area contributed by atoms with Crippen LogP contribution in [0.15, 0.2) is 0 Å². The Morgan fingerprint density at radius 2 is 2.00 bits per heavy atom. The first-order valence-electron chi connectivity index (χ1n) is 6.09. The Bertz CT molecular complexity index is 156. The summed E-state index contributed by atoms with van der Waals surface area (Å²) >= 11 is 0. The zero-order valence-electron chi connectivity index (χ0n) is 10.00. The molecule has 2 unspecified atom stereocenters. The van der Waals surface area contributed by atoms with E-state index in [1.165, 1.54) is 32.4 Å². The van der Waals surface area contributed by atoms with Crippen molar-refractivity contribution in [1.82, 2.24) is 4.90 Å². The van der Waals surface area contributed by atoms with Crippen molar-refractivity contribution in [2.75, 3.05) is 19.6 Å². The molecule has 0 aromatic rings. The number of nitrogens with zero attached hydrogens (tertiary/aromatic N) is 1. The van der Waals surface area contributed by atoms with Crippen LogP contribution in [-0.2, 0) is 0 Å². The molecule has 2 atom stereocenters. The van der Waals surface area contributed by atoms with Crippen molar-refractivity contribution in [3.63, 3.8) is 0 Å². The van der Waals surface area contributed by atoms with Crippen molar-refractivity contribution in [3.05, 3.63) is 0 Å². The minimum absolute atomic E-state index is 0.648. The second-order valence-corrected chi connectivity index (χ2v) is 5.14. The lowest BCUT2D eigenvalue weighted by Crippen LogP contribution is -2.45. The molecule has 0 bridgehead atoms. The predicted molar refractivity (Wildman–Crippen MR) is 62.3 cm³/mol. The van der Waals surface area contributed by atoms with E-state index in [4.69, 9.17) is 5.73 Å². The molecule has 0 radical (unpaired) electrons. The van der Waals surface area contributed by atoms with Gasteiger partial charge in [-0.25, -0.2) is 0 Å². The highest BCUT2D eigenvalue weighted by Crippen LogP contribution is 2.23. The van der Waals surface area contributed by atoms with E-state index in [1.807, 2.05) is 0 Å². The molecule has 2 heteroatoms. The van der Waals surface area contributed by atoms with Gasteiger partial charge in [0.2, 0.25) is 0 Å². The van der Waals surface area contributed by atoms with E-state index in [0.717, 1.165) is 18.5 Å². The van der Waals surface area contributed by atoms with Crippen molar-refractivity contribution in [2.45, 2.75) is 46.1 Å². The third-order valence-electron chi connectivity index (χ3n) is 3.38. The molecule has 1 aliphatic rings. The Labute approximate surface area is 88.8 Å². The monoisotopic (exact) mass is 198 g/mol. The summed E-state index contributed by atoms with van der Waals surface area (Å²) in [5.74, 6) is 1.44. The second-order valence-electron chi connectivity index (χ2n) is 5.14. The van der Waals surface area contributed by atoms with Gasteiger partial charge in [0.15, 0.2) is 0 Å². The Hall–Kier alpha value is -0.0800. The Morgan fingerprint density at radius 1 is 1.29 bits per heavy atom. The first kappa shape index (κ1) is 12.0. The number of nitrogens with two attached hydrogens (primary N) is 1. The minimum Gasteiger partial charge on any atom is -0.330 e. The van der Waals surface area contributed by atoms with Gasteiger partial charge in [0.05, 0.1) is 0 Å². The summed E-state index contributed by atoms with van der Waals surface area (Å²) in [7, 11) is 0. The second kappa shape index (κ2) is 5.72. The number of hydrogen-bond donors (Lipinski definition) is 1. The van der Waals surface area contributed by atoms with Gasteiger partial charge in [0.25, 0.3) is 0 Å². The number of rotatable bonds is 4. The van der Waals surface area contributed by atoms with E-state index >= 15 is 0 Å². The molecule has 1 aliphatic heterocycles. The third kappa shape index (κ3) is 3.25. The normalized spacial score (nSPS) is 26.8. The molecule has 84 valence electrons. The van der Waals surface area contributed by atoms with E-state index in [1.54, 1.807) is 0 Å². The standard InChI is InChI=1S/C12H26N2/c1-10(2)12-6-4-5-7-14(12)9-11(3)8-13/h10-12H,4-9,13H2,1-3H3. The molecular formula is C12H26N2. The SMILES string of the molecule is CC(CN)CN1CCCCC1C(C)C. The smallest absolute Gasteiger partial charge is 0.0118 e. The zero-order chi connectivity index (χ0) is 10.6. The molecule has 2 N–H and O–H groups in total. The maximum absolute atomic E-state index is 5.68. The third-order valence-corrected chi connectivity index (χ3v) is 3.38. The molecule has 0 aromatic carbocycles. The summed E-state index contributed by atoms with van der Waals surface area (Å²) in [6.07, 6.45) is 4.17. The van der Waals surface area contributed by atoms with Crippen molar-refractivity contribution < 1.29 is 0 Å². The van der Waals surface area contributed by atoms with Gasteiger partial charge in [-0.15, -0.1) is 0 Å². The molecule has 1 fully saturated rings. The van der Waals surface area contributed by atoms with Crippen molar-refractivity contribution in [1.29, 1.82) is 0 Å². The topological polar surface area (TPSA) is 29.3 Å². The summed E-state index contributed by atoms with van der Waals surface area (Å²) < 4.78 is 0. The average Bonchev–Trinajstić information content (AvgIpc) is 2.18. The van der Waals surface area contributed by atoms with E-state index in [0.29, 0.717) is 5.92 Å². The van der Waals surface area contributed by atoms with Crippen LogP contribution in [0, 0.1) is 11.8 Å². The van der Waals surface area contributed by atoms with Crippen LogP contribution in [0.1, 0.15) is 40.0 Å². The van der Waals surface area contributed by atoms with Gasteiger partial charge in [-0.1, -0.05) is 27.2 Å². The highest BCUT2D eigenvalue weighted by atomic mass is 15.2. The Balaban J connectivity index is 2.45. The van der Waals surface area contributed by atoms with Gasteiger partial charge in [-0.05, 0) is 37.8 Å². The van der Waals surface area contributed by atoms with Gasteiger partial charge < -0.3 is 5.73 Å². The van der Waals surface area contributed by atoms with Crippen molar-refractivity contribution in [3.8, 4) is 0 Å². The average molecular weight is 198 g/mol. The molecule has 2 nitrogen and oxygen atoms in total. The van der Waals surface area contributed by atoms with E-state index in [-0.39, 0.29) is 0 Å². The highest BCUT2D eigenvalue weighted by molar-refractivity contribution is 4.80. The first-order valence-corrected chi connectivity index (χ1v) is 6.09. The van der Waals surface area contributed by atoms with Gasteiger partial charge in [-0.2, -0.15) is 0 Å². The summed E-state index contributed by atoms with van der Waals surface area (Å²) in [6, 6.07) is 0.803. The molecule has 0 aliphatic carbocycles. The maximum atomic E-state index is 5.68. The Morgan fingerprint density at radius 3 is 2.57 bits per heavy atom. The summed E-state index contributed by atoms with van der Waals surface area (Å²) in [4.78, 5) is 2.66. The largest absolute Gasteiger partial charge is 0.330 e. The van der Waals surface area contributed by atoms with E-state index in [2.05, 4.69) is 25.7 Å². The quantitative estimate of drug-likeness (QED) is 0.749. The van der Waals surface area contributed by atoms with Crippen LogP contribution in [0.2, 0.25) is 0 Å². The van der Waals surface area contributed by atoms with Crippen molar-refractivity contribution in [2.24, 2.45) is 17.6 Å². The van der Waals surface area contributed by atoms with Crippen LogP contribution in [0.5, 0.6) is 0 Å². The van der Waals surface area contributed by atoms with Crippen LogP contribution in [-0.4, -0.2) is 30.6 Å². The fourth-order valence-corrected chi connectivity index (χ4v) is 2.47. The van der Waals surface area contributed by atoms with Crippen molar-refractivity contribution >= 4 is 0 Å². The summed E-state index contributed by atoms with van der Waals surface area (Å²) in [5, 5.41) is 0. The molecule has 0 aromatic heterocycles. The van der Waals surface area contributed by atoms with E-state index < -0.39 is 0 Å². The van der Waals surface area contributed by atoms with Gasteiger partial charge in [0.1, 0.15) is 0 Å². The lowest BCUT2D eigenvalue weighted by atomic mass is 9.92. The lowest BCUT2D eigenvalue weighted by Gasteiger charge is -2.39. The fraction of sp³-hybridized carbons (Fsp3) is 1.00. The maximum Gasteiger partial charge on any atom is 0.0118 e. The zero-order valence-corrected chi connectivity index (χ0v) is 10.00. The fourth-order valence-electron chi connectivity index (χ4n) is 2.47. The first-order chi connectivity index (χ1) is 6.65. The number of hydrogen-bond acceptors (Lipinski definition) is 2. The number of piperidine rings is 1. The molecule has 1 rings (SSSR count). The van der Waals surface area contributed by atoms with Crippen LogP contribution in [0.3, 0.4) is 0 Å². The summed E-state index contributed by atoms with van der Waals surface area (Å²) in [6.45, 7) is 10.2. The lowest BCUT2D eigenvalue weighted by molar-refractivity contribution is 0.0973. The number of likely N-dealkylation sites (tertiary alicyclic amines) is 1. The Kier molecular flexibility index (Phi) is 4.90. The highest BCUT2D eigenvalue weighted by Gasteiger charge is 2.25. The molecule has 0 amide bonds. The van der Waals surface area contributed by atoms with Crippen LogP contribution < -0.4 is 5.73 Å². The molecule has 0 spiro atoms. The van der Waals surface area contributed by atoms with Crippen LogP contribution >= 0.6 is 0 Å².